The van der Waals surface area contributed by atoms with Crippen LogP contribution in [0.1, 0.15) is 38.2 Å². The fraction of sp³-hybridized carbons (Fsp3) is 0.412. The number of alkyl halides is 3. The maximum Gasteiger partial charge on any atom is 0.423 e. The fourth-order valence-electron chi connectivity index (χ4n) is 2.11. The molecule has 1 aromatic heterocycles. The number of hydrogen-bond donors (Lipinski definition) is 1. The van der Waals surface area contributed by atoms with Crippen LogP contribution in [0.25, 0.3) is 0 Å². The van der Waals surface area contributed by atoms with E-state index in [0.29, 0.717) is 23.3 Å². The minimum atomic E-state index is -4.58. The molecule has 0 aliphatic heterocycles. The van der Waals surface area contributed by atoms with Crippen LogP contribution >= 0.6 is 11.6 Å². The van der Waals surface area contributed by atoms with Crippen LogP contribution in [0.4, 0.5) is 24.8 Å². The molecule has 0 atom stereocenters. The molecule has 4 nitrogen and oxygen atoms in total. The van der Waals surface area contributed by atoms with Crippen molar-refractivity contribution in [1.29, 1.82) is 0 Å². The largest absolute Gasteiger partial charge is 0.477 e. The zero-order valence-electron chi connectivity index (χ0n) is 13.7. The van der Waals surface area contributed by atoms with E-state index in [1.165, 1.54) is 0 Å². The number of anilines is 2. The lowest BCUT2D eigenvalue weighted by Gasteiger charge is -2.14. The molecule has 0 bridgehead atoms. The first-order valence-corrected chi connectivity index (χ1v) is 8.38. The first-order chi connectivity index (χ1) is 11.9. The number of benzene rings is 1. The molecule has 0 aliphatic carbocycles. The van der Waals surface area contributed by atoms with E-state index in [4.69, 9.17) is 16.3 Å². The Morgan fingerprint density at radius 3 is 2.60 bits per heavy atom. The molecule has 1 heterocycles. The second-order valence-electron chi connectivity index (χ2n) is 5.42. The van der Waals surface area contributed by atoms with Crippen molar-refractivity contribution in [2.75, 3.05) is 11.9 Å². The molecule has 0 radical (unpaired) electrons. The van der Waals surface area contributed by atoms with Gasteiger partial charge in [0.05, 0.1) is 17.3 Å². The van der Waals surface area contributed by atoms with Gasteiger partial charge in [-0.3, -0.25) is 0 Å². The van der Waals surface area contributed by atoms with E-state index < -0.39 is 17.6 Å². The number of aromatic nitrogens is 2. The predicted octanol–water partition coefficient (Wildman–Crippen LogP) is 5.85. The molecule has 8 heteroatoms. The average molecular weight is 374 g/mol. The van der Waals surface area contributed by atoms with Gasteiger partial charge >= 0.3 is 6.18 Å². The maximum atomic E-state index is 13.1. The third kappa shape index (κ3) is 5.77. The van der Waals surface area contributed by atoms with Gasteiger partial charge in [-0.05, 0) is 18.6 Å². The first kappa shape index (κ1) is 19.3. The van der Waals surface area contributed by atoms with Crippen molar-refractivity contribution in [2.45, 2.75) is 38.8 Å². The third-order valence-corrected chi connectivity index (χ3v) is 3.75. The van der Waals surface area contributed by atoms with Gasteiger partial charge in [-0.1, -0.05) is 49.9 Å². The quantitative estimate of drug-likeness (QED) is 0.589. The van der Waals surface area contributed by atoms with Crippen LogP contribution in [0.2, 0.25) is 5.02 Å². The zero-order valence-corrected chi connectivity index (χ0v) is 14.5. The van der Waals surface area contributed by atoms with Gasteiger partial charge in [0.15, 0.2) is 0 Å². The second kappa shape index (κ2) is 8.89. The molecule has 0 fully saturated rings. The van der Waals surface area contributed by atoms with Gasteiger partial charge in [0, 0.05) is 6.20 Å². The molecule has 0 aliphatic rings. The van der Waals surface area contributed by atoms with E-state index in [0.717, 1.165) is 19.3 Å². The van der Waals surface area contributed by atoms with E-state index in [-0.39, 0.29) is 12.6 Å². The van der Waals surface area contributed by atoms with Gasteiger partial charge in [0.2, 0.25) is 11.8 Å². The Balaban J connectivity index is 2.17. The van der Waals surface area contributed by atoms with Gasteiger partial charge in [0.1, 0.15) is 5.56 Å². The molecular weight excluding hydrogens is 355 g/mol. The summed E-state index contributed by atoms with van der Waals surface area (Å²) in [4.78, 5) is 7.59. The molecule has 1 aromatic carbocycles. The second-order valence-corrected chi connectivity index (χ2v) is 5.83. The molecule has 25 heavy (non-hydrogen) atoms. The average Bonchev–Trinajstić information content (AvgIpc) is 2.56. The predicted molar refractivity (Wildman–Crippen MR) is 91.4 cm³/mol. The van der Waals surface area contributed by atoms with Crippen molar-refractivity contribution in [1.82, 2.24) is 9.97 Å². The van der Waals surface area contributed by atoms with Crippen LogP contribution in [0.3, 0.4) is 0 Å². The van der Waals surface area contributed by atoms with Gasteiger partial charge in [-0.15, -0.1) is 0 Å². The van der Waals surface area contributed by atoms with Gasteiger partial charge < -0.3 is 10.1 Å². The highest BCUT2D eigenvalue weighted by Crippen LogP contribution is 2.35. The molecule has 0 saturated carbocycles. The third-order valence-electron chi connectivity index (χ3n) is 3.42. The molecule has 0 saturated heterocycles. The summed E-state index contributed by atoms with van der Waals surface area (Å²) in [5.74, 6) is -0.488. The molecule has 2 aromatic rings. The zero-order chi connectivity index (χ0) is 18.3. The Labute approximate surface area is 149 Å². The number of nitrogens with one attached hydrogen (secondary N) is 1. The molecule has 0 amide bonds. The minimum Gasteiger partial charge on any atom is -0.477 e. The summed E-state index contributed by atoms with van der Waals surface area (Å²) >= 11 is 6.02. The first-order valence-electron chi connectivity index (χ1n) is 8.00. The van der Waals surface area contributed by atoms with Crippen molar-refractivity contribution >= 4 is 23.2 Å². The Kier molecular flexibility index (Phi) is 6.87. The van der Waals surface area contributed by atoms with E-state index in [1.54, 1.807) is 24.3 Å². The highest BCUT2D eigenvalue weighted by Gasteiger charge is 2.36. The summed E-state index contributed by atoms with van der Waals surface area (Å²) < 4.78 is 44.6. The lowest BCUT2D eigenvalue weighted by molar-refractivity contribution is -0.139. The number of nitrogens with zero attached hydrogens (tertiary/aromatic N) is 2. The minimum absolute atomic E-state index is 0.00958. The molecule has 136 valence electrons. The standard InChI is InChI=1S/C17H19ClF3N3O/c1-2-3-4-7-10-25-15-12(17(19,20)21)11-22-16(24-15)23-14-9-6-5-8-13(14)18/h5-6,8-9,11H,2-4,7,10H2,1H3,(H,22,23,24). The molecule has 1 N–H and O–H groups in total. The molecular formula is C17H19ClF3N3O. The maximum absolute atomic E-state index is 13.1. The Morgan fingerprint density at radius 1 is 1.16 bits per heavy atom. The number of ether oxygens (including phenoxy) is 1. The van der Waals surface area contributed by atoms with Crippen LogP contribution in [0, 0.1) is 0 Å². The van der Waals surface area contributed by atoms with Crippen molar-refractivity contribution in [3.8, 4) is 5.88 Å². The Morgan fingerprint density at radius 2 is 1.92 bits per heavy atom. The highest BCUT2D eigenvalue weighted by molar-refractivity contribution is 6.33. The van der Waals surface area contributed by atoms with Crippen molar-refractivity contribution in [2.24, 2.45) is 0 Å². The summed E-state index contributed by atoms with van der Waals surface area (Å²) in [6.07, 6.45) is -0.253. The van der Waals surface area contributed by atoms with Crippen LogP contribution in [0.15, 0.2) is 30.5 Å². The van der Waals surface area contributed by atoms with Crippen molar-refractivity contribution in [3.05, 3.63) is 41.0 Å². The van der Waals surface area contributed by atoms with Crippen molar-refractivity contribution in [3.63, 3.8) is 0 Å². The summed E-state index contributed by atoms with van der Waals surface area (Å²) in [6.45, 7) is 2.23. The Hall–Kier alpha value is -2.02. The summed E-state index contributed by atoms with van der Waals surface area (Å²) in [7, 11) is 0. The number of rotatable bonds is 8. The highest BCUT2D eigenvalue weighted by atomic mass is 35.5. The molecule has 2 rings (SSSR count). The number of para-hydroxylation sites is 1. The monoisotopic (exact) mass is 373 g/mol. The topological polar surface area (TPSA) is 47.0 Å². The van der Waals surface area contributed by atoms with E-state index in [9.17, 15) is 13.2 Å². The van der Waals surface area contributed by atoms with E-state index in [1.807, 2.05) is 0 Å². The van der Waals surface area contributed by atoms with Crippen LogP contribution in [-0.4, -0.2) is 16.6 Å². The summed E-state index contributed by atoms with van der Waals surface area (Å²) in [5, 5.41) is 3.21. The van der Waals surface area contributed by atoms with E-state index in [2.05, 4.69) is 22.2 Å². The lowest BCUT2D eigenvalue weighted by Crippen LogP contribution is -2.13. The lowest BCUT2D eigenvalue weighted by atomic mass is 10.2. The van der Waals surface area contributed by atoms with Gasteiger partial charge in [-0.2, -0.15) is 18.2 Å². The van der Waals surface area contributed by atoms with Gasteiger partial charge in [-0.25, -0.2) is 4.98 Å². The summed E-state index contributed by atoms with van der Waals surface area (Å²) in [5.41, 5.74) is -0.495. The van der Waals surface area contributed by atoms with Crippen molar-refractivity contribution < 1.29 is 17.9 Å². The number of halogens is 4. The fourth-order valence-corrected chi connectivity index (χ4v) is 2.29. The SMILES string of the molecule is CCCCCCOc1nc(Nc2ccccc2Cl)ncc1C(F)(F)F. The van der Waals surface area contributed by atoms with Crippen LogP contribution in [-0.2, 0) is 6.18 Å². The number of hydrogen-bond acceptors (Lipinski definition) is 4. The normalized spacial score (nSPS) is 11.4. The van der Waals surface area contributed by atoms with E-state index >= 15 is 0 Å². The summed E-state index contributed by atoms with van der Waals surface area (Å²) in [6, 6.07) is 6.81. The molecule has 0 spiro atoms. The van der Waals surface area contributed by atoms with Crippen LogP contribution < -0.4 is 10.1 Å². The molecule has 0 unspecified atom stereocenters. The van der Waals surface area contributed by atoms with Crippen LogP contribution in [0.5, 0.6) is 5.88 Å². The van der Waals surface area contributed by atoms with Gasteiger partial charge in [0.25, 0.3) is 0 Å². The number of unbranched alkanes of at least 4 members (excludes halogenated alkanes) is 3. The Bertz CT molecular complexity index is 695. The smallest absolute Gasteiger partial charge is 0.423 e.